The van der Waals surface area contributed by atoms with E-state index in [-0.39, 0.29) is 11.6 Å². The number of carboxylic acid groups (broad SMARTS) is 1. The number of carbonyl (C=O) groups is 2. The number of benzene rings is 1. The fourth-order valence-corrected chi connectivity index (χ4v) is 2.94. The second-order valence-electron chi connectivity index (χ2n) is 7.36. The topological polar surface area (TPSA) is 122 Å². The molecule has 1 aromatic carbocycles. The first-order valence-corrected chi connectivity index (χ1v) is 9.76. The Morgan fingerprint density at radius 1 is 1.20 bits per heavy atom. The molecule has 0 bridgehead atoms. The molecule has 0 aliphatic carbocycles. The second kappa shape index (κ2) is 10.9. The molecule has 2 amide bonds. The van der Waals surface area contributed by atoms with Gasteiger partial charge in [0.25, 0.3) is 0 Å². The lowest BCUT2D eigenvalue weighted by atomic mass is 10.1. The van der Waals surface area contributed by atoms with Gasteiger partial charge in [0, 0.05) is 43.4 Å². The predicted molar refractivity (Wildman–Crippen MR) is 104 cm³/mol. The molecule has 2 aromatic rings. The van der Waals surface area contributed by atoms with Crippen molar-refractivity contribution in [1.82, 2.24) is 20.2 Å². The van der Waals surface area contributed by atoms with E-state index in [4.69, 9.17) is 15.6 Å². The first kappa shape index (κ1) is 27.8. The number of urea groups is 1. The number of aryl methyl sites for hydroxylation is 1. The monoisotopic (exact) mass is 517 g/mol. The SMILES string of the molecule is NC(CNC(=O)NC1CCc2nc(-c3ccc(F)cc3F)cn2C1)C(F)(F)F.O=C(O)C(F)(F)F. The zero-order valence-corrected chi connectivity index (χ0v) is 17.6. The van der Waals surface area contributed by atoms with Gasteiger partial charge in [0.05, 0.1) is 5.69 Å². The van der Waals surface area contributed by atoms with Gasteiger partial charge in [-0.15, -0.1) is 0 Å². The summed E-state index contributed by atoms with van der Waals surface area (Å²) in [6, 6.07) is -0.0252. The van der Waals surface area contributed by atoms with Crippen LogP contribution in [0.1, 0.15) is 12.2 Å². The Labute approximate surface area is 192 Å². The molecular formula is C19H19F8N5O3. The number of hydrogen-bond acceptors (Lipinski definition) is 4. The number of nitrogens with one attached hydrogen (secondary N) is 2. The van der Waals surface area contributed by atoms with Gasteiger partial charge in [-0.2, -0.15) is 26.3 Å². The molecule has 1 aliphatic rings. The Hall–Kier alpha value is -3.43. The smallest absolute Gasteiger partial charge is 0.475 e. The summed E-state index contributed by atoms with van der Waals surface area (Å²) >= 11 is 0. The van der Waals surface area contributed by atoms with E-state index in [0.717, 1.165) is 12.1 Å². The van der Waals surface area contributed by atoms with Gasteiger partial charge in [-0.1, -0.05) is 0 Å². The number of alkyl halides is 6. The Balaban J connectivity index is 0.000000540. The van der Waals surface area contributed by atoms with Crippen molar-refractivity contribution in [2.75, 3.05) is 6.54 Å². The highest BCUT2D eigenvalue weighted by Gasteiger charge is 2.38. The maximum absolute atomic E-state index is 13.9. The lowest BCUT2D eigenvalue weighted by Gasteiger charge is -2.25. The fraction of sp³-hybridized carbons (Fsp3) is 0.421. The number of rotatable bonds is 4. The molecule has 0 saturated heterocycles. The zero-order valence-electron chi connectivity index (χ0n) is 17.6. The molecule has 2 unspecified atom stereocenters. The van der Waals surface area contributed by atoms with Crippen LogP contribution >= 0.6 is 0 Å². The summed E-state index contributed by atoms with van der Waals surface area (Å²) in [7, 11) is 0. The molecule has 8 nitrogen and oxygen atoms in total. The van der Waals surface area contributed by atoms with Gasteiger partial charge in [0.1, 0.15) is 23.5 Å². The van der Waals surface area contributed by atoms with E-state index in [2.05, 4.69) is 15.6 Å². The van der Waals surface area contributed by atoms with Crippen LogP contribution in [0.2, 0.25) is 0 Å². The number of fused-ring (bicyclic) bond motifs is 1. The molecule has 0 fully saturated rings. The van der Waals surface area contributed by atoms with Crippen LogP contribution in [0.4, 0.5) is 39.9 Å². The predicted octanol–water partition coefficient (Wildman–Crippen LogP) is 2.97. The molecule has 0 saturated carbocycles. The van der Waals surface area contributed by atoms with Crippen LogP contribution in [0.25, 0.3) is 11.3 Å². The zero-order chi connectivity index (χ0) is 26.6. The number of imidazole rings is 1. The number of carboxylic acids is 1. The number of hydrogen-bond donors (Lipinski definition) is 4. The summed E-state index contributed by atoms with van der Waals surface area (Å²) < 4.78 is 97.5. The summed E-state index contributed by atoms with van der Waals surface area (Å²) in [5, 5.41) is 11.8. The standard InChI is InChI=1S/C17H18F5N5O.C2HF3O2/c18-9-1-3-11(12(19)5-9)13-8-27-7-10(2-4-15(27)26-13)25-16(28)24-6-14(23)17(20,21)22;3-2(4,5)1(6)7/h1,3,5,8,10,14H,2,4,6-7,23H2,(H2,24,25,28);(H,6,7). The average molecular weight is 517 g/mol. The minimum absolute atomic E-state index is 0.159. The van der Waals surface area contributed by atoms with Crippen molar-refractivity contribution in [3.05, 3.63) is 41.9 Å². The lowest BCUT2D eigenvalue weighted by molar-refractivity contribution is -0.192. The summed E-state index contributed by atoms with van der Waals surface area (Å²) in [6.45, 7) is -0.406. The van der Waals surface area contributed by atoms with Crippen molar-refractivity contribution < 1.29 is 49.8 Å². The quantitative estimate of drug-likeness (QED) is 0.465. The summed E-state index contributed by atoms with van der Waals surface area (Å²) in [4.78, 5) is 25.0. The van der Waals surface area contributed by atoms with Crippen molar-refractivity contribution in [2.24, 2.45) is 5.73 Å². The number of nitrogens with zero attached hydrogens (tertiary/aromatic N) is 2. The Bertz CT molecular complexity index is 1050. The number of aromatic nitrogens is 2. The van der Waals surface area contributed by atoms with Crippen molar-refractivity contribution in [1.29, 1.82) is 0 Å². The number of carbonyl (C=O) groups excluding carboxylic acids is 1. The van der Waals surface area contributed by atoms with Crippen LogP contribution in [0.15, 0.2) is 24.4 Å². The normalized spacial score (nSPS) is 16.4. The van der Waals surface area contributed by atoms with Gasteiger partial charge < -0.3 is 26.0 Å². The highest BCUT2D eigenvalue weighted by Crippen LogP contribution is 2.25. The van der Waals surface area contributed by atoms with Gasteiger partial charge in [-0.25, -0.2) is 23.4 Å². The third-order valence-electron chi connectivity index (χ3n) is 4.68. The van der Waals surface area contributed by atoms with Crippen LogP contribution in [0.3, 0.4) is 0 Å². The second-order valence-corrected chi connectivity index (χ2v) is 7.36. The Kier molecular flexibility index (Phi) is 8.64. The minimum atomic E-state index is -5.08. The molecule has 5 N–H and O–H groups in total. The lowest BCUT2D eigenvalue weighted by Crippen LogP contribution is -2.51. The minimum Gasteiger partial charge on any atom is -0.475 e. The molecule has 2 heterocycles. The van der Waals surface area contributed by atoms with Crippen LogP contribution < -0.4 is 16.4 Å². The molecule has 0 radical (unpaired) electrons. The maximum Gasteiger partial charge on any atom is 0.490 e. The first-order valence-electron chi connectivity index (χ1n) is 9.76. The third kappa shape index (κ3) is 8.08. The number of halogens is 8. The number of nitrogens with two attached hydrogens (primary N) is 1. The van der Waals surface area contributed by atoms with Crippen LogP contribution in [0, 0.1) is 11.6 Å². The van der Waals surface area contributed by atoms with Crippen molar-refractivity contribution in [3.8, 4) is 11.3 Å². The molecule has 35 heavy (non-hydrogen) atoms. The van der Waals surface area contributed by atoms with Crippen molar-refractivity contribution >= 4 is 12.0 Å². The van der Waals surface area contributed by atoms with E-state index in [1.54, 1.807) is 10.8 Å². The number of aliphatic carboxylic acids is 1. The van der Waals surface area contributed by atoms with Crippen LogP contribution in [-0.4, -0.2) is 57.6 Å². The highest BCUT2D eigenvalue weighted by molar-refractivity contribution is 5.74. The van der Waals surface area contributed by atoms with Gasteiger partial charge in [-0.05, 0) is 18.6 Å². The Morgan fingerprint density at radius 2 is 1.83 bits per heavy atom. The molecule has 0 spiro atoms. The van der Waals surface area contributed by atoms with Crippen LogP contribution in [0.5, 0.6) is 0 Å². The van der Waals surface area contributed by atoms with E-state index < -0.39 is 48.6 Å². The molecular weight excluding hydrogens is 498 g/mol. The van der Waals surface area contributed by atoms with Crippen molar-refractivity contribution in [2.45, 2.75) is 43.8 Å². The first-order chi connectivity index (χ1) is 16.1. The summed E-state index contributed by atoms with van der Waals surface area (Å²) in [5.41, 5.74) is 5.44. The highest BCUT2D eigenvalue weighted by atomic mass is 19.4. The van der Waals surface area contributed by atoms with Gasteiger partial charge in [0.15, 0.2) is 0 Å². The van der Waals surface area contributed by atoms with E-state index >= 15 is 0 Å². The maximum atomic E-state index is 13.9. The van der Waals surface area contributed by atoms with Gasteiger partial charge >= 0.3 is 24.4 Å². The van der Waals surface area contributed by atoms with Gasteiger partial charge in [0.2, 0.25) is 0 Å². The number of amides is 2. The van der Waals surface area contributed by atoms with Gasteiger partial charge in [-0.3, -0.25) is 0 Å². The average Bonchev–Trinajstić information content (AvgIpc) is 3.14. The van der Waals surface area contributed by atoms with Crippen LogP contribution in [-0.2, 0) is 17.8 Å². The van der Waals surface area contributed by atoms with E-state index in [1.807, 2.05) is 0 Å². The molecule has 194 valence electrons. The third-order valence-corrected chi connectivity index (χ3v) is 4.68. The summed E-state index contributed by atoms with van der Waals surface area (Å²) in [5.74, 6) is -3.50. The molecule has 1 aliphatic heterocycles. The van der Waals surface area contributed by atoms with E-state index in [9.17, 15) is 39.9 Å². The molecule has 1 aromatic heterocycles. The molecule has 16 heteroatoms. The summed E-state index contributed by atoms with van der Waals surface area (Å²) in [6.07, 6.45) is -7.08. The van der Waals surface area contributed by atoms with Crippen molar-refractivity contribution in [3.63, 3.8) is 0 Å². The largest absolute Gasteiger partial charge is 0.490 e. The molecule has 3 rings (SSSR count). The fourth-order valence-electron chi connectivity index (χ4n) is 2.94. The van der Waals surface area contributed by atoms with E-state index in [1.165, 1.54) is 6.07 Å². The van der Waals surface area contributed by atoms with E-state index in [0.29, 0.717) is 30.9 Å². The molecule has 2 atom stereocenters. The Morgan fingerprint density at radius 3 is 2.37 bits per heavy atom.